The number of aromatic nitrogens is 6. The number of hydrogen-bond acceptors (Lipinski definition) is 8. The second-order valence-corrected chi connectivity index (χ2v) is 10.6. The summed E-state index contributed by atoms with van der Waals surface area (Å²) < 4.78 is 16.2. The monoisotopic (exact) mass is 517 g/mol. The smallest absolute Gasteiger partial charge is 0.225 e. The fourth-order valence-corrected chi connectivity index (χ4v) is 5.41. The molecule has 0 spiro atoms. The average Bonchev–Trinajstić information content (AvgIpc) is 3.65. The first-order valence-electron chi connectivity index (χ1n) is 13.0. The van der Waals surface area contributed by atoms with E-state index in [9.17, 15) is 9.59 Å². The Morgan fingerprint density at radius 3 is 1.89 bits per heavy atom. The van der Waals surface area contributed by atoms with Crippen LogP contribution in [0.25, 0.3) is 33.2 Å². The molecule has 1 amide bonds. The second kappa shape index (κ2) is 9.38. The zero-order valence-electron chi connectivity index (χ0n) is 22.0. The predicted octanol–water partition coefficient (Wildman–Crippen LogP) is 2.96. The summed E-state index contributed by atoms with van der Waals surface area (Å²) in [7, 11) is 3.71. The number of aryl methyl sites for hydroxylation is 2. The van der Waals surface area contributed by atoms with E-state index in [1.807, 2.05) is 52.5 Å². The van der Waals surface area contributed by atoms with Gasteiger partial charge in [-0.1, -0.05) is 0 Å². The largest absolute Gasteiger partial charge is 0.474 e. The molecular weight excluding hydrogens is 486 g/mol. The molecule has 2 aliphatic rings. The van der Waals surface area contributed by atoms with Gasteiger partial charge in [-0.05, 0) is 32.4 Å². The molecule has 0 aromatic carbocycles. The van der Waals surface area contributed by atoms with Crippen LogP contribution in [0.5, 0.6) is 11.8 Å². The van der Waals surface area contributed by atoms with Gasteiger partial charge in [-0.25, -0.2) is 9.97 Å². The van der Waals surface area contributed by atoms with Crippen molar-refractivity contribution in [2.24, 2.45) is 25.9 Å². The van der Waals surface area contributed by atoms with Crippen molar-refractivity contribution < 1.29 is 19.1 Å². The minimum atomic E-state index is -0.222. The van der Waals surface area contributed by atoms with Crippen LogP contribution in [0, 0.1) is 11.8 Å². The minimum absolute atomic E-state index is 0.0373. The fourth-order valence-electron chi connectivity index (χ4n) is 5.41. The van der Waals surface area contributed by atoms with Crippen LogP contribution in [0.3, 0.4) is 0 Å². The molecule has 1 aliphatic heterocycles. The maximum Gasteiger partial charge on any atom is 0.225 e. The quantitative estimate of drug-likeness (QED) is 0.397. The number of hydrogen-bond donors (Lipinski definition) is 1. The summed E-state index contributed by atoms with van der Waals surface area (Å²) in [5.41, 5.74) is 2.63. The van der Waals surface area contributed by atoms with Gasteiger partial charge in [0.1, 0.15) is 18.0 Å². The van der Waals surface area contributed by atoms with Gasteiger partial charge in [0.05, 0.1) is 33.2 Å². The Hall–Kier alpha value is -4.02. The zero-order valence-corrected chi connectivity index (χ0v) is 22.0. The lowest BCUT2D eigenvalue weighted by Crippen LogP contribution is -2.26. The van der Waals surface area contributed by atoms with Crippen LogP contribution in [-0.4, -0.2) is 60.0 Å². The number of ketones is 1. The Balaban J connectivity index is 1.39. The molecular formula is C27H31N7O4. The molecule has 11 heteroatoms. The van der Waals surface area contributed by atoms with Gasteiger partial charge >= 0.3 is 0 Å². The molecule has 4 aromatic heterocycles. The first-order chi connectivity index (χ1) is 18.2. The van der Waals surface area contributed by atoms with Crippen molar-refractivity contribution in [3.63, 3.8) is 0 Å². The number of amides is 1. The van der Waals surface area contributed by atoms with Gasteiger partial charge in [0.15, 0.2) is 0 Å². The molecule has 4 atom stereocenters. The standard InChI is InChI=1S/C27H31N7O4/c1-14(16-5-6-18(35)7-16)37-26-19-12-33(3)31-21(19)9-23(29-26)24-10-22-20(13-34(4)32-22)27(30-24)38-15(2)17-8-25(36)28-11-17/h9-10,12-17H,5-8,11H2,1-4H3,(H,28,36)/t14-,15-,16+,17+/m1/s1. The lowest BCUT2D eigenvalue weighted by Gasteiger charge is -2.21. The predicted molar refractivity (Wildman–Crippen MR) is 140 cm³/mol. The summed E-state index contributed by atoms with van der Waals surface area (Å²) in [4.78, 5) is 33.3. The van der Waals surface area contributed by atoms with E-state index in [2.05, 4.69) is 15.5 Å². The van der Waals surface area contributed by atoms with Crippen molar-refractivity contribution in [1.29, 1.82) is 0 Å². The normalized spacial score (nSPS) is 21.3. The number of ether oxygens (including phenoxy) is 2. The summed E-state index contributed by atoms with van der Waals surface area (Å²) in [5, 5.41) is 13.7. The van der Waals surface area contributed by atoms with Crippen LogP contribution in [-0.2, 0) is 23.7 Å². The Bertz CT molecular complexity index is 1440. The van der Waals surface area contributed by atoms with Gasteiger partial charge in [-0.3, -0.25) is 19.0 Å². The highest BCUT2D eigenvalue weighted by Crippen LogP contribution is 2.35. The molecule has 198 valence electrons. The third-order valence-corrected chi connectivity index (χ3v) is 7.64. The maximum absolute atomic E-state index is 11.8. The van der Waals surface area contributed by atoms with E-state index in [1.165, 1.54) is 0 Å². The molecule has 38 heavy (non-hydrogen) atoms. The molecule has 4 aromatic rings. The SMILES string of the molecule is C[C@@H](Oc1nc(-c2cc3nn(C)cc3c(O[C@H](C)[C@H]3CCC(=O)C3)n2)cc2nn(C)cc12)[C@@H]1CNC(=O)C1. The number of pyridine rings is 2. The number of nitrogens with one attached hydrogen (secondary N) is 1. The van der Waals surface area contributed by atoms with Gasteiger partial charge in [0, 0.05) is 64.1 Å². The molecule has 2 fully saturated rings. The van der Waals surface area contributed by atoms with E-state index >= 15 is 0 Å². The van der Waals surface area contributed by atoms with E-state index in [-0.39, 0.29) is 35.7 Å². The maximum atomic E-state index is 11.8. The molecule has 1 aliphatic carbocycles. The van der Waals surface area contributed by atoms with Gasteiger partial charge in [-0.15, -0.1) is 0 Å². The summed E-state index contributed by atoms with van der Waals surface area (Å²) in [5.74, 6) is 1.46. The molecule has 6 rings (SSSR count). The van der Waals surface area contributed by atoms with Crippen LogP contribution < -0.4 is 14.8 Å². The van der Waals surface area contributed by atoms with E-state index < -0.39 is 0 Å². The van der Waals surface area contributed by atoms with E-state index in [1.54, 1.807) is 9.36 Å². The zero-order chi connectivity index (χ0) is 26.6. The van der Waals surface area contributed by atoms with Crippen LogP contribution >= 0.6 is 0 Å². The van der Waals surface area contributed by atoms with Crippen LogP contribution in [0.1, 0.15) is 39.5 Å². The summed E-state index contributed by atoms with van der Waals surface area (Å²) >= 11 is 0. The van der Waals surface area contributed by atoms with Crippen molar-refractivity contribution >= 4 is 33.5 Å². The Morgan fingerprint density at radius 2 is 1.42 bits per heavy atom. The summed E-state index contributed by atoms with van der Waals surface area (Å²) in [6.07, 6.45) is 5.78. The van der Waals surface area contributed by atoms with Crippen molar-refractivity contribution in [1.82, 2.24) is 34.8 Å². The fraction of sp³-hybridized carbons (Fsp3) is 0.481. The van der Waals surface area contributed by atoms with Crippen molar-refractivity contribution in [2.75, 3.05) is 6.54 Å². The van der Waals surface area contributed by atoms with Crippen molar-refractivity contribution in [3.8, 4) is 23.1 Å². The third-order valence-electron chi connectivity index (χ3n) is 7.64. The highest BCUT2D eigenvalue weighted by atomic mass is 16.5. The first kappa shape index (κ1) is 24.3. The van der Waals surface area contributed by atoms with Crippen LogP contribution in [0.2, 0.25) is 0 Å². The van der Waals surface area contributed by atoms with E-state index in [0.29, 0.717) is 49.0 Å². The van der Waals surface area contributed by atoms with Crippen LogP contribution in [0.15, 0.2) is 24.5 Å². The summed E-state index contributed by atoms with van der Waals surface area (Å²) in [6, 6.07) is 3.77. The Morgan fingerprint density at radius 1 is 0.868 bits per heavy atom. The number of carbonyl (C=O) groups is 2. The highest BCUT2D eigenvalue weighted by Gasteiger charge is 2.30. The first-order valence-corrected chi connectivity index (χ1v) is 13.0. The Labute approximate surface area is 219 Å². The number of carbonyl (C=O) groups excluding carboxylic acids is 2. The van der Waals surface area contributed by atoms with Crippen molar-refractivity contribution in [3.05, 3.63) is 24.5 Å². The van der Waals surface area contributed by atoms with Crippen LogP contribution in [0.4, 0.5) is 0 Å². The highest BCUT2D eigenvalue weighted by molar-refractivity contribution is 5.90. The molecule has 1 saturated heterocycles. The molecule has 1 N–H and O–H groups in total. The minimum Gasteiger partial charge on any atom is -0.474 e. The van der Waals surface area contributed by atoms with Gasteiger partial charge in [-0.2, -0.15) is 10.2 Å². The summed E-state index contributed by atoms with van der Waals surface area (Å²) in [6.45, 7) is 4.54. The lowest BCUT2D eigenvalue weighted by atomic mass is 10.0. The molecule has 0 radical (unpaired) electrons. The molecule has 0 unspecified atom stereocenters. The molecule has 5 heterocycles. The third kappa shape index (κ3) is 4.57. The van der Waals surface area contributed by atoms with Gasteiger partial charge < -0.3 is 14.8 Å². The lowest BCUT2D eigenvalue weighted by molar-refractivity contribution is -0.119. The average molecular weight is 518 g/mol. The topological polar surface area (TPSA) is 126 Å². The number of nitrogens with zero attached hydrogens (tertiary/aromatic N) is 6. The van der Waals surface area contributed by atoms with Gasteiger partial charge in [0.2, 0.25) is 17.7 Å². The van der Waals surface area contributed by atoms with E-state index in [4.69, 9.17) is 19.4 Å². The van der Waals surface area contributed by atoms with Gasteiger partial charge in [0.25, 0.3) is 0 Å². The van der Waals surface area contributed by atoms with Crippen molar-refractivity contribution in [2.45, 2.75) is 51.7 Å². The molecule has 11 nitrogen and oxygen atoms in total. The number of rotatable bonds is 7. The molecule has 1 saturated carbocycles. The number of Topliss-reactive ketones (excluding diaryl/α,β-unsaturated/α-hetero) is 1. The second-order valence-electron chi connectivity index (χ2n) is 10.6. The molecule has 0 bridgehead atoms. The van der Waals surface area contributed by atoms with E-state index in [0.717, 1.165) is 28.2 Å². The Kier molecular flexibility index (Phi) is 6.00. The number of fused-ring (bicyclic) bond motifs is 2.